The highest BCUT2D eigenvalue weighted by Gasteiger charge is 2.21. The number of fused-ring (bicyclic) bond motifs is 1. The summed E-state index contributed by atoms with van der Waals surface area (Å²) in [5, 5.41) is 2.62. The Morgan fingerprint density at radius 2 is 1.84 bits per heavy atom. The van der Waals surface area contributed by atoms with Crippen molar-refractivity contribution in [2.75, 3.05) is 18.5 Å². The third kappa shape index (κ3) is 4.14. The number of rotatable bonds is 6. The van der Waals surface area contributed by atoms with Crippen LogP contribution in [0.2, 0.25) is 0 Å². The predicted octanol–water partition coefficient (Wildman–Crippen LogP) is 0.903. The van der Waals surface area contributed by atoms with Gasteiger partial charge in [-0.2, -0.15) is 0 Å². The van der Waals surface area contributed by atoms with Crippen LogP contribution in [-0.4, -0.2) is 30.1 Å². The largest absolute Gasteiger partial charge is 0.462 e. The van der Waals surface area contributed by atoms with Gasteiger partial charge in [-0.05, 0) is 26.0 Å². The first-order valence-corrected chi connectivity index (χ1v) is 7.44. The molecule has 0 radical (unpaired) electrons. The molecule has 0 spiro atoms. The smallest absolute Gasteiger partial charge is 0.360 e. The van der Waals surface area contributed by atoms with Crippen molar-refractivity contribution >= 4 is 28.6 Å². The van der Waals surface area contributed by atoms with Crippen molar-refractivity contribution in [1.29, 1.82) is 0 Å². The molecule has 9 heteroatoms. The highest BCUT2D eigenvalue weighted by atomic mass is 16.6. The maximum absolute atomic E-state index is 11.9. The lowest BCUT2D eigenvalue weighted by molar-refractivity contribution is -0.146. The normalized spacial score (nSPS) is 10.2. The molecule has 2 heterocycles. The van der Waals surface area contributed by atoms with Crippen LogP contribution < -0.4 is 16.5 Å². The van der Waals surface area contributed by atoms with E-state index in [1.807, 2.05) is 0 Å². The van der Waals surface area contributed by atoms with E-state index in [0.29, 0.717) is 0 Å². The third-order valence-corrected chi connectivity index (χ3v) is 3.03. The molecule has 0 aliphatic carbocycles. The fourth-order valence-corrected chi connectivity index (χ4v) is 1.93. The molecule has 2 N–H and O–H groups in total. The lowest BCUT2D eigenvalue weighted by atomic mass is 10.2. The molecule has 132 valence electrons. The van der Waals surface area contributed by atoms with Gasteiger partial charge in [0, 0.05) is 12.4 Å². The third-order valence-electron chi connectivity index (χ3n) is 3.03. The first-order valence-electron chi connectivity index (χ1n) is 7.44. The second-order valence-corrected chi connectivity index (χ2v) is 4.68. The SMILES string of the molecule is CCOC(=O)C(=CNc1cc2c(=O)[nH]ccc2oc1=O)C(=O)OCC. The van der Waals surface area contributed by atoms with Crippen molar-refractivity contribution in [3.05, 3.63) is 50.9 Å². The van der Waals surface area contributed by atoms with Crippen molar-refractivity contribution in [3.8, 4) is 0 Å². The number of H-pyrrole nitrogens is 1. The number of hydrogen-bond acceptors (Lipinski definition) is 8. The molecule has 0 aliphatic rings. The summed E-state index contributed by atoms with van der Waals surface area (Å²) in [5.74, 6) is -1.81. The van der Waals surface area contributed by atoms with E-state index in [4.69, 9.17) is 13.9 Å². The first kappa shape index (κ1) is 18.0. The summed E-state index contributed by atoms with van der Waals surface area (Å²) in [6.07, 6.45) is 2.32. The topological polar surface area (TPSA) is 128 Å². The molecule has 2 aromatic heterocycles. The fraction of sp³-hybridized carbons (Fsp3) is 0.250. The molecular weight excluding hydrogens is 332 g/mol. The summed E-state index contributed by atoms with van der Waals surface area (Å²) in [6.45, 7) is 3.28. The lowest BCUT2D eigenvalue weighted by Crippen LogP contribution is -2.20. The van der Waals surface area contributed by atoms with Crippen molar-refractivity contribution in [2.45, 2.75) is 13.8 Å². The van der Waals surface area contributed by atoms with Crippen molar-refractivity contribution < 1.29 is 23.5 Å². The minimum Gasteiger partial charge on any atom is -0.462 e. The van der Waals surface area contributed by atoms with Gasteiger partial charge >= 0.3 is 17.6 Å². The number of carbonyl (C=O) groups excluding carboxylic acids is 2. The molecule has 0 unspecified atom stereocenters. The Balaban J connectivity index is 2.41. The van der Waals surface area contributed by atoms with E-state index in [-0.39, 0.29) is 29.9 Å². The van der Waals surface area contributed by atoms with Crippen LogP contribution in [0.5, 0.6) is 0 Å². The van der Waals surface area contributed by atoms with Gasteiger partial charge in [-0.15, -0.1) is 0 Å². The number of carbonyl (C=O) groups is 2. The van der Waals surface area contributed by atoms with Gasteiger partial charge < -0.3 is 24.2 Å². The number of aromatic amines is 1. The molecule has 0 aliphatic heterocycles. The molecule has 0 saturated heterocycles. The Bertz CT molecular complexity index is 919. The zero-order valence-electron chi connectivity index (χ0n) is 13.6. The molecule has 0 amide bonds. The van der Waals surface area contributed by atoms with Crippen LogP contribution in [0.4, 0.5) is 5.69 Å². The van der Waals surface area contributed by atoms with Gasteiger partial charge in [-0.1, -0.05) is 0 Å². The minimum absolute atomic E-state index is 0.0586. The summed E-state index contributed by atoms with van der Waals surface area (Å²) in [6, 6.07) is 2.69. The van der Waals surface area contributed by atoms with Gasteiger partial charge in [0.05, 0.1) is 18.6 Å². The van der Waals surface area contributed by atoms with E-state index in [2.05, 4.69) is 10.3 Å². The van der Waals surface area contributed by atoms with E-state index in [1.54, 1.807) is 13.8 Å². The van der Waals surface area contributed by atoms with Crippen molar-refractivity contribution in [2.24, 2.45) is 0 Å². The van der Waals surface area contributed by atoms with Crippen LogP contribution in [0.1, 0.15) is 13.8 Å². The first-order chi connectivity index (χ1) is 12.0. The highest BCUT2D eigenvalue weighted by Crippen LogP contribution is 2.12. The summed E-state index contributed by atoms with van der Waals surface area (Å²) in [7, 11) is 0. The molecule has 2 aromatic rings. The molecule has 0 aromatic carbocycles. The van der Waals surface area contributed by atoms with Gasteiger partial charge in [0.25, 0.3) is 5.56 Å². The Morgan fingerprint density at radius 3 is 2.44 bits per heavy atom. The number of esters is 2. The van der Waals surface area contributed by atoms with E-state index in [0.717, 1.165) is 6.20 Å². The average Bonchev–Trinajstić information content (AvgIpc) is 2.56. The maximum atomic E-state index is 11.9. The monoisotopic (exact) mass is 348 g/mol. The summed E-state index contributed by atoms with van der Waals surface area (Å²) >= 11 is 0. The molecule has 0 atom stereocenters. The zero-order chi connectivity index (χ0) is 18.4. The van der Waals surface area contributed by atoms with Crippen LogP contribution in [0.3, 0.4) is 0 Å². The van der Waals surface area contributed by atoms with Gasteiger partial charge in [-0.3, -0.25) is 4.79 Å². The van der Waals surface area contributed by atoms with Gasteiger partial charge in [0.1, 0.15) is 11.3 Å². The van der Waals surface area contributed by atoms with Crippen molar-refractivity contribution in [3.63, 3.8) is 0 Å². The van der Waals surface area contributed by atoms with Gasteiger partial charge in [0.15, 0.2) is 5.57 Å². The van der Waals surface area contributed by atoms with E-state index in [9.17, 15) is 19.2 Å². The summed E-state index contributed by atoms with van der Waals surface area (Å²) < 4.78 is 14.6. The van der Waals surface area contributed by atoms with Crippen molar-refractivity contribution in [1.82, 2.24) is 4.98 Å². The Hall–Kier alpha value is -3.36. The maximum Gasteiger partial charge on any atom is 0.360 e. The van der Waals surface area contributed by atoms with E-state index >= 15 is 0 Å². The van der Waals surface area contributed by atoms with E-state index in [1.165, 1.54) is 18.3 Å². The molecular formula is C16H16N2O7. The number of aromatic nitrogens is 1. The zero-order valence-corrected chi connectivity index (χ0v) is 13.6. The number of hydrogen-bond donors (Lipinski definition) is 2. The molecule has 2 rings (SSSR count). The summed E-state index contributed by atoms with van der Waals surface area (Å²) in [4.78, 5) is 49.8. The molecule has 0 bridgehead atoms. The second kappa shape index (κ2) is 7.95. The number of ether oxygens (including phenoxy) is 2. The standard InChI is InChI=1S/C16H16N2O7/c1-3-23-14(20)10(15(21)24-4-2)8-18-11-7-9-12(25-16(11)22)5-6-17-13(9)19/h5-8,18H,3-4H2,1-2H3,(H,17,19). The second-order valence-electron chi connectivity index (χ2n) is 4.68. The molecule has 0 saturated carbocycles. The summed E-state index contributed by atoms with van der Waals surface area (Å²) in [5.41, 5.74) is -1.68. The number of anilines is 1. The molecule has 9 nitrogen and oxygen atoms in total. The van der Waals surface area contributed by atoms with Crippen LogP contribution in [0.25, 0.3) is 11.0 Å². The van der Waals surface area contributed by atoms with Gasteiger partial charge in [-0.25, -0.2) is 14.4 Å². The highest BCUT2D eigenvalue weighted by molar-refractivity contribution is 6.14. The lowest BCUT2D eigenvalue weighted by Gasteiger charge is -2.07. The van der Waals surface area contributed by atoms with E-state index < -0.39 is 28.7 Å². The number of pyridine rings is 1. The Kier molecular flexibility index (Phi) is 5.72. The molecule has 0 fully saturated rings. The van der Waals surface area contributed by atoms with Gasteiger partial charge in [0.2, 0.25) is 0 Å². The average molecular weight is 348 g/mol. The Morgan fingerprint density at radius 1 is 1.20 bits per heavy atom. The fourth-order valence-electron chi connectivity index (χ4n) is 1.93. The van der Waals surface area contributed by atoms with Crippen LogP contribution in [0, 0.1) is 0 Å². The molecule has 25 heavy (non-hydrogen) atoms. The number of nitrogens with one attached hydrogen (secondary N) is 2. The van der Waals surface area contributed by atoms with Crippen LogP contribution >= 0.6 is 0 Å². The predicted molar refractivity (Wildman–Crippen MR) is 88.1 cm³/mol. The Labute approximate surface area is 141 Å². The van der Waals surface area contributed by atoms with Crippen LogP contribution in [-0.2, 0) is 19.1 Å². The quantitative estimate of drug-likeness (QED) is 0.341. The van der Waals surface area contributed by atoms with Crippen LogP contribution in [0.15, 0.2) is 44.1 Å². The minimum atomic E-state index is -0.906.